The topological polar surface area (TPSA) is 134 Å². The molecule has 4 fully saturated rings. The van der Waals surface area contributed by atoms with Crippen LogP contribution in [0.3, 0.4) is 0 Å². The highest BCUT2D eigenvalue weighted by atomic mass is 35.5. The molecule has 0 radical (unpaired) electrons. The highest BCUT2D eigenvalue weighted by Crippen LogP contribution is 2.65. The van der Waals surface area contributed by atoms with Gasteiger partial charge in [0, 0.05) is 49.0 Å². The van der Waals surface area contributed by atoms with Gasteiger partial charge in [-0.05, 0) is 139 Å². The van der Waals surface area contributed by atoms with E-state index in [1.165, 1.54) is 38.0 Å². The van der Waals surface area contributed by atoms with E-state index >= 15 is 0 Å². The van der Waals surface area contributed by atoms with Gasteiger partial charge in [0.1, 0.15) is 21.5 Å². The van der Waals surface area contributed by atoms with Crippen LogP contribution >= 0.6 is 23.2 Å². The third-order valence-electron chi connectivity index (χ3n) is 13.7. The van der Waals surface area contributed by atoms with E-state index in [9.17, 15) is 19.2 Å². The molecule has 7 rings (SSSR count). The van der Waals surface area contributed by atoms with Crippen molar-refractivity contribution in [3.05, 3.63) is 66.2 Å². The summed E-state index contributed by atoms with van der Waals surface area (Å²) in [7, 11) is 9.50. The number of aliphatic carboxylic acids is 1. The first kappa shape index (κ1) is 48.2. The Bertz CT molecular complexity index is 1970. The zero-order valence-corrected chi connectivity index (χ0v) is 39.7. The van der Waals surface area contributed by atoms with E-state index in [1.807, 2.05) is 30.3 Å². The Morgan fingerprint density at radius 2 is 1.54 bits per heavy atom. The minimum absolute atomic E-state index is 0.0661. The van der Waals surface area contributed by atoms with Crippen LogP contribution in [0, 0.1) is 34.5 Å². The zero-order valence-electron chi connectivity index (χ0n) is 38.2. The molecule has 4 aliphatic carbocycles. The summed E-state index contributed by atoms with van der Waals surface area (Å²) in [5, 5.41) is 15.4. The number of halogens is 2. The molecule has 1 aliphatic heterocycles. The normalized spacial score (nSPS) is 29.6. The number of rotatable bonds is 7. The lowest BCUT2D eigenvalue weighted by molar-refractivity contribution is -0.152. The molecule has 0 aromatic heterocycles. The molecule has 1 heterocycles. The second-order valence-electron chi connectivity index (χ2n) is 20.9. The number of carboxylic acid groups (broad SMARTS) is 1. The summed E-state index contributed by atoms with van der Waals surface area (Å²) >= 11 is 12.0. The number of carbonyl (C=O) groups is 4. The molecular formula is C48H69Cl2N4O7+. The number of quaternary nitrogens is 1. The van der Waals surface area contributed by atoms with Gasteiger partial charge in [-0.25, -0.2) is 9.59 Å². The average Bonchev–Trinajstić information content (AvgIpc) is 3.63. The van der Waals surface area contributed by atoms with Crippen LogP contribution in [0.4, 0.5) is 10.5 Å². The fourth-order valence-electron chi connectivity index (χ4n) is 10.1. The van der Waals surface area contributed by atoms with Crippen molar-refractivity contribution >= 4 is 52.8 Å². The molecule has 0 spiro atoms. The largest absolute Gasteiger partial charge is 0.478 e. The number of ether oxygens (including phenoxy) is 2. The van der Waals surface area contributed by atoms with Crippen molar-refractivity contribution in [2.45, 2.75) is 121 Å². The Morgan fingerprint density at radius 1 is 0.902 bits per heavy atom. The van der Waals surface area contributed by atoms with E-state index < -0.39 is 15.9 Å². The number of hydrogen-bond donors (Lipinski definition) is 3. The van der Waals surface area contributed by atoms with Gasteiger partial charge in [-0.2, -0.15) is 0 Å². The second kappa shape index (κ2) is 17.8. The molecule has 0 saturated heterocycles. The number of carboxylic acids is 1. The maximum absolute atomic E-state index is 13.0. The molecule has 61 heavy (non-hydrogen) atoms. The zero-order chi connectivity index (χ0) is 45.5. The second-order valence-corrected chi connectivity index (χ2v) is 22.4. The molecule has 5 aliphatic rings. The Kier molecular flexibility index (Phi) is 14.0. The molecule has 8 atom stereocenters. The van der Waals surface area contributed by atoms with E-state index in [0.717, 1.165) is 36.9 Å². The highest BCUT2D eigenvalue weighted by molar-refractivity contribution is 6.51. The smallest absolute Gasteiger partial charge is 0.414 e. The molecule has 11 nitrogen and oxygen atoms in total. The number of carbonyl (C=O) groups excluding carboxylic acids is 3. The van der Waals surface area contributed by atoms with E-state index in [1.54, 1.807) is 38.4 Å². The maximum Gasteiger partial charge on any atom is 0.414 e. The monoisotopic (exact) mass is 883 g/mol. The first-order chi connectivity index (χ1) is 28.1. The summed E-state index contributed by atoms with van der Waals surface area (Å²) in [4.78, 5) is 48.6. The number of benzene rings is 2. The molecule has 0 bridgehead atoms. The lowest BCUT2D eigenvalue weighted by atomic mass is 9.48. The number of fused-ring (bicyclic) bond motifs is 5. The predicted molar refractivity (Wildman–Crippen MR) is 243 cm³/mol. The molecule has 13 heteroatoms. The number of nitrogens with one attached hydrogen (secondary N) is 2. The van der Waals surface area contributed by atoms with Crippen molar-refractivity contribution in [3.63, 3.8) is 0 Å². The quantitative estimate of drug-likeness (QED) is 0.187. The van der Waals surface area contributed by atoms with Gasteiger partial charge in [0.25, 0.3) is 0 Å². The average molecular weight is 885 g/mol. The predicted octanol–water partition coefficient (Wildman–Crippen LogP) is 9.35. The van der Waals surface area contributed by atoms with Gasteiger partial charge >= 0.3 is 12.1 Å². The Hall–Kier alpha value is -3.80. The minimum atomic E-state index is -1.25. The molecule has 2 aromatic carbocycles. The first-order valence-corrected chi connectivity index (χ1v) is 22.4. The van der Waals surface area contributed by atoms with Crippen LogP contribution in [-0.2, 0) is 14.4 Å². The summed E-state index contributed by atoms with van der Waals surface area (Å²) in [6.07, 6.45) is 11.1. The van der Waals surface area contributed by atoms with E-state index in [4.69, 9.17) is 37.8 Å². The van der Waals surface area contributed by atoms with Gasteiger partial charge in [0.2, 0.25) is 11.8 Å². The van der Waals surface area contributed by atoms with Crippen LogP contribution in [0.15, 0.2) is 60.7 Å². The molecule has 336 valence electrons. The van der Waals surface area contributed by atoms with Crippen molar-refractivity contribution in [1.82, 2.24) is 20.0 Å². The minimum Gasteiger partial charge on any atom is -0.478 e. The summed E-state index contributed by atoms with van der Waals surface area (Å²) < 4.78 is 10.6. The van der Waals surface area contributed by atoms with Crippen LogP contribution in [0.1, 0.15) is 105 Å². The van der Waals surface area contributed by atoms with Crippen molar-refractivity contribution in [2.24, 2.45) is 34.5 Å². The number of nitrogens with zero attached hydrogens (tertiary/aromatic N) is 2. The molecule has 3 N–H and O–H groups in total. The lowest BCUT2D eigenvalue weighted by Gasteiger charge is -2.58. The Labute approximate surface area is 373 Å². The van der Waals surface area contributed by atoms with Gasteiger partial charge in [-0.3, -0.25) is 14.1 Å². The van der Waals surface area contributed by atoms with Gasteiger partial charge in [-0.15, -0.1) is 23.2 Å². The van der Waals surface area contributed by atoms with Gasteiger partial charge in [-0.1, -0.05) is 38.1 Å². The van der Waals surface area contributed by atoms with Gasteiger partial charge in [0.15, 0.2) is 5.60 Å². The van der Waals surface area contributed by atoms with E-state index in [-0.39, 0.29) is 52.2 Å². The lowest BCUT2D eigenvalue weighted by Crippen LogP contribution is -2.59. The van der Waals surface area contributed by atoms with Crippen LogP contribution in [-0.4, -0.2) is 90.6 Å². The Balaban J connectivity index is 0.000000182. The molecule has 4 saturated carbocycles. The molecular weight excluding hydrogens is 815 g/mol. The fourth-order valence-corrected chi connectivity index (χ4v) is 10.6. The van der Waals surface area contributed by atoms with Crippen LogP contribution in [0.2, 0.25) is 0 Å². The van der Waals surface area contributed by atoms with Crippen molar-refractivity contribution in [3.8, 4) is 11.5 Å². The summed E-state index contributed by atoms with van der Waals surface area (Å²) in [5.74, 6) is 2.65. The summed E-state index contributed by atoms with van der Waals surface area (Å²) in [6.45, 7) is 14.0. The molecule has 1 unspecified atom stereocenters. The third kappa shape index (κ3) is 11.2. The molecule has 2 aromatic rings. The van der Waals surface area contributed by atoms with Crippen molar-refractivity contribution in [1.29, 1.82) is 0 Å². The standard InChI is InChI=1S/C23H36N2O2.C13H14Cl2O3.C12H19N2O2/c1-21(2,3)25-20(27)17-8-7-15-14-6-9-18-23(5,13-11-19(26)24-18)16(14)10-12-22(15,17)4;1-12(2,11(16)17)18-9-5-3-8(4-6-9)10-7-13(10,14)15;1-13(2)12(15)16-11-8-6-7-10(9-11)14(3,4)5/h11,13-18H,6-10,12H2,1-5H3,(H,24,26)(H,25,27);3-6,10H,7H2,1-2H3,(H,16,17);6-9H,1-5H3/q;;+1/t14-,15-,16-,17+,18+,22-,23+;;/m0../s1. The molecule has 3 amide bonds. The SMILES string of the molecule is CC(C)(C)NC(=O)[C@H]1CC[C@H]2[C@@H]3CC[C@H]4NC(=O)C=C[C@]4(C)[C@H]3CC[C@]12C.CC(C)(Oc1ccc(C2CC2(Cl)Cl)cc1)C(=O)O.CN(C)C(=O)Oc1cccc([N+](C)(C)C)c1. The highest BCUT2D eigenvalue weighted by Gasteiger charge is 2.61. The number of hydrogen-bond acceptors (Lipinski definition) is 6. The number of amides is 3. The van der Waals surface area contributed by atoms with Crippen LogP contribution in [0.25, 0.3) is 0 Å². The fraction of sp³-hybridized carbons (Fsp3) is 0.625. The van der Waals surface area contributed by atoms with Crippen molar-refractivity contribution in [2.75, 3.05) is 35.2 Å². The first-order valence-electron chi connectivity index (χ1n) is 21.6. The Morgan fingerprint density at radius 3 is 2.10 bits per heavy atom. The van der Waals surface area contributed by atoms with E-state index in [0.29, 0.717) is 33.7 Å². The van der Waals surface area contributed by atoms with Crippen molar-refractivity contribution < 1.29 is 33.8 Å². The van der Waals surface area contributed by atoms with Crippen LogP contribution in [0.5, 0.6) is 11.5 Å². The van der Waals surface area contributed by atoms with Gasteiger partial charge < -0.3 is 30.1 Å². The summed E-state index contributed by atoms with van der Waals surface area (Å²) in [6, 6.07) is 15.0. The van der Waals surface area contributed by atoms with Crippen LogP contribution < -0.4 is 24.6 Å². The summed E-state index contributed by atoms with van der Waals surface area (Å²) in [5.41, 5.74) is 0.915. The van der Waals surface area contributed by atoms with Gasteiger partial charge in [0.05, 0.1) is 21.1 Å². The third-order valence-corrected chi connectivity index (χ3v) is 14.5. The number of alkyl halides is 2. The van der Waals surface area contributed by atoms with E-state index in [2.05, 4.69) is 72.5 Å². The maximum atomic E-state index is 13.0.